The minimum Gasteiger partial charge on any atom is -0.147 e. The fraction of sp³-hybridized carbons (Fsp3) is 0.429. The molecular formula is C42H60Ni2P2. The Morgan fingerprint density at radius 2 is 0.587 bits per heavy atom. The van der Waals surface area contributed by atoms with Gasteiger partial charge in [-0.3, -0.25) is 0 Å². The summed E-state index contributed by atoms with van der Waals surface area (Å²) in [5, 5.41) is 0. The minimum absolute atomic E-state index is 0. The zero-order valence-corrected chi connectivity index (χ0v) is 34.3. The van der Waals surface area contributed by atoms with Crippen LogP contribution < -0.4 is 0 Å². The van der Waals surface area contributed by atoms with Gasteiger partial charge in [0.2, 0.25) is 0 Å². The van der Waals surface area contributed by atoms with Crippen LogP contribution in [-0.2, 0) is 33.0 Å². The van der Waals surface area contributed by atoms with Crippen molar-refractivity contribution >= 4 is 15.8 Å². The van der Waals surface area contributed by atoms with E-state index >= 15 is 0 Å². The van der Waals surface area contributed by atoms with Crippen LogP contribution >= 0.6 is 15.8 Å². The Morgan fingerprint density at radius 1 is 0.348 bits per heavy atom. The molecule has 0 aliphatic heterocycles. The van der Waals surface area contributed by atoms with E-state index in [-0.39, 0.29) is 48.8 Å². The van der Waals surface area contributed by atoms with Crippen LogP contribution in [0.15, 0.2) is 97.1 Å². The SMILES string of the molecule is CC(C)[PH+](C(C)C)C(C)C.CC(C)[PH+](C(C)C)C(C)C.[Ni].[Ni].[c-]1ccccc1-c1ccccc1-c1ccccc1-c1[c-]cccc1. The first-order chi connectivity index (χ1) is 20.9. The summed E-state index contributed by atoms with van der Waals surface area (Å²) in [6.07, 6.45) is 0. The van der Waals surface area contributed by atoms with Gasteiger partial charge in [-0.05, 0) is 83.1 Å². The zero-order chi connectivity index (χ0) is 32.8. The van der Waals surface area contributed by atoms with Crippen molar-refractivity contribution in [1.82, 2.24) is 0 Å². The summed E-state index contributed by atoms with van der Waals surface area (Å²) < 4.78 is 0. The molecule has 0 radical (unpaired) electrons. The fourth-order valence-electron chi connectivity index (χ4n) is 7.03. The molecule has 4 heteroatoms. The topological polar surface area (TPSA) is 0 Å². The fourth-order valence-corrected chi connectivity index (χ4v) is 15.0. The minimum atomic E-state index is -0.0957. The van der Waals surface area contributed by atoms with Gasteiger partial charge in [-0.2, -0.15) is 0 Å². The first-order valence-corrected chi connectivity index (χ1v) is 20.2. The molecular weight excluding hydrogens is 684 g/mol. The van der Waals surface area contributed by atoms with Crippen LogP contribution in [0.2, 0.25) is 0 Å². The summed E-state index contributed by atoms with van der Waals surface area (Å²) >= 11 is 0. The first kappa shape index (κ1) is 44.7. The third-order valence-corrected chi connectivity index (χ3v) is 16.1. The molecule has 0 amide bonds. The molecule has 0 spiro atoms. The summed E-state index contributed by atoms with van der Waals surface area (Å²) in [4.78, 5) is 0. The van der Waals surface area contributed by atoms with E-state index in [1.54, 1.807) is 0 Å². The molecule has 4 aromatic carbocycles. The summed E-state index contributed by atoms with van der Waals surface area (Å²) in [5.41, 5.74) is 12.7. The van der Waals surface area contributed by atoms with Crippen LogP contribution in [0, 0.1) is 12.1 Å². The van der Waals surface area contributed by atoms with Crippen LogP contribution in [0.3, 0.4) is 0 Å². The Labute approximate surface area is 306 Å². The predicted molar refractivity (Wildman–Crippen MR) is 208 cm³/mol. The maximum atomic E-state index is 3.35. The van der Waals surface area contributed by atoms with Gasteiger partial charge in [0.25, 0.3) is 0 Å². The quantitative estimate of drug-likeness (QED) is 0.0910. The van der Waals surface area contributed by atoms with E-state index in [0.29, 0.717) is 0 Å². The van der Waals surface area contributed by atoms with Gasteiger partial charge in [0.05, 0.1) is 34.0 Å². The predicted octanol–water partition coefficient (Wildman–Crippen LogP) is 13.1. The van der Waals surface area contributed by atoms with Crippen LogP contribution in [0.1, 0.15) is 83.1 Å². The molecule has 0 bridgehead atoms. The third-order valence-electron chi connectivity index (χ3n) is 8.14. The molecule has 0 aliphatic rings. The van der Waals surface area contributed by atoms with Crippen molar-refractivity contribution in [3.63, 3.8) is 0 Å². The van der Waals surface area contributed by atoms with Crippen LogP contribution in [0.4, 0.5) is 0 Å². The second-order valence-corrected chi connectivity index (χ2v) is 22.5. The molecule has 0 aromatic heterocycles. The molecule has 0 aliphatic carbocycles. The smallest absolute Gasteiger partial charge is 0.0624 e. The Morgan fingerprint density at radius 3 is 0.783 bits per heavy atom. The van der Waals surface area contributed by atoms with Gasteiger partial charge >= 0.3 is 0 Å². The molecule has 0 atom stereocenters. The Hall–Kier alpha value is -1.27. The van der Waals surface area contributed by atoms with E-state index in [0.717, 1.165) is 45.1 Å². The zero-order valence-electron chi connectivity index (χ0n) is 30.3. The Kier molecular flexibility index (Phi) is 22.5. The summed E-state index contributed by atoms with van der Waals surface area (Å²) in [5.74, 6) is 0. The first-order valence-electron chi connectivity index (χ1n) is 16.7. The standard InChI is InChI=1S/C24H16.2C9H21P.2Ni/c1-3-11-19(12-4-1)21-15-7-9-17-23(21)24-18-10-8-16-22(24)20-13-5-2-6-14-20;2*1-7(2)10(8(3)4)9(5)6;;/h1-11,13,15-18H;2*7-9H,1-6H3;;/q-2;;;;/p+2. The van der Waals surface area contributed by atoms with Crippen molar-refractivity contribution < 1.29 is 33.0 Å². The van der Waals surface area contributed by atoms with Gasteiger partial charge in [-0.15, -0.1) is 71.8 Å². The Bertz CT molecular complexity index is 1190. The molecule has 0 unspecified atom stereocenters. The van der Waals surface area contributed by atoms with E-state index in [1.807, 2.05) is 24.3 Å². The number of rotatable bonds is 9. The number of hydrogen-bond donors (Lipinski definition) is 0. The van der Waals surface area contributed by atoms with Crippen molar-refractivity contribution in [3.05, 3.63) is 109 Å². The number of benzene rings is 4. The molecule has 0 N–H and O–H groups in total. The summed E-state index contributed by atoms with van der Waals surface area (Å²) in [7, 11) is -0.191. The van der Waals surface area contributed by atoms with Crippen LogP contribution in [-0.4, -0.2) is 34.0 Å². The number of hydrogen-bond acceptors (Lipinski definition) is 0. The average Bonchev–Trinajstić information content (AvgIpc) is 2.97. The van der Waals surface area contributed by atoms with Crippen molar-refractivity contribution in [2.45, 2.75) is 117 Å². The average molecular weight is 744 g/mol. The van der Waals surface area contributed by atoms with Crippen molar-refractivity contribution in [1.29, 1.82) is 0 Å². The van der Waals surface area contributed by atoms with Gasteiger partial charge in [0, 0.05) is 48.8 Å². The third kappa shape index (κ3) is 14.1. The van der Waals surface area contributed by atoms with E-state index in [2.05, 4.69) is 168 Å². The molecule has 0 fully saturated rings. The normalized spacial score (nSPS) is 11.0. The molecule has 0 nitrogen and oxygen atoms in total. The Balaban J connectivity index is 0.000000777. The van der Waals surface area contributed by atoms with Gasteiger partial charge in [-0.1, -0.05) is 70.8 Å². The molecule has 0 saturated carbocycles. The van der Waals surface area contributed by atoms with Crippen molar-refractivity contribution in [3.8, 4) is 33.4 Å². The molecule has 258 valence electrons. The van der Waals surface area contributed by atoms with E-state index in [1.165, 1.54) is 22.3 Å². The van der Waals surface area contributed by atoms with Gasteiger partial charge in [0.1, 0.15) is 0 Å². The van der Waals surface area contributed by atoms with Gasteiger partial charge in [-0.25, -0.2) is 0 Å². The summed E-state index contributed by atoms with van der Waals surface area (Å²) in [6, 6.07) is 40.0. The van der Waals surface area contributed by atoms with Gasteiger partial charge < -0.3 is 0 Å². The maximum absolute atomic E-state index is 3.35. The van der Waals surface area contributed by atoms with E-state index in [9.17, 15) is 0 Å². The molecule has 46 heavy (non-hydrogen) atoms. The summed E-state index contributed by atoms with van der Waals surface area (Å²) in [6.45, 7) is 28.4. The second-order valence-electron chi connectivity index (χ2n) is 13.6. The molecule has 4 aromatic rings. The molecule has 0 saturated heterocycles. The van der Waals surface area contributed by atoms with Crippen LogP contribution in [0.5, 0.6) is 0 Å². The molecule has 0 heterocycles. The van der Waals surface area contributed by atoms with Crippen molar-refractivity contribution in [2.24, 2.45) is 0 Å². The van der Waals surface area contributed by atoms with E-state index in [4.69, 9.17) is 0 Å². The van der Waals surface area contributed by atoms with E-state index < -0.39 is 0 Å². The largest absolute Gasteiger partial charge is 0.147 e. The van der Waals surface area contributed by atoms with Crippen molar-refractivity contribution in [2.75, 3.05) is 0 Å². The van der Waals surface area contributed by atoms with Gasteiger partial charge in [0.15, 0.2) is 0 Å². The maximum Gasteiger partial charge on any atom is 0.0624 e. The van der Waals surface area contributed by atoms with Crippen LogP contribution in [0.25, 0.3) is 33.4 Å². The monoisotopic (exact) mass is 742 g/mol. The molecule has 4 rings (SSSR count). The second kappa shape index (κ2) is 23.1.